The fraction of sp³-hybridized carbons (Fsp3) is 0.100. The maximum Gasteiger partial charge on any atom is 0.374 e. The van der Waals surface area contributed by atoms with Gasteiger partial charge in [0.2, 0.25) is 5.76 Å². The Morgan fingerprint density at radius 2 is 1.66 bits per heavy atom. The number of furan rings is 1. The van der Waals surface area contributed by atoms with Crippen molar-refractivity contribution in [3.05, 3.63) is 83.6 Å². The maximum absolute atomic E-state index is 13.5. The molecule has 1 amide bonds. The Hall–Kier alpha value is -3.75. The predicted octanol–water partition coefficient (Wildman–Crippen LogP) is 4.07. The second-order valence-electron chi connectivity index (χ2n) is 5.76. The van der Waals surface area contributed by atoms with E-state index in [0.717, 1.165) is 12.1 Å². The molecule has 1 heterocycles. The van der Waals surface area contributed by atoms with Gasteiger partial charge in [-0.15, -0.1) is 0 Å². The highest BCUT2D eigenvalue weighted by Gasteiger charge is 2.16. The van der Waals surface area contributed by atoms with Crippen LogP contribution in [0.4, 0.5) is 18.9 Å². The van der Waals surface area contributed by atoms with Crippen LogP contribution in [0.25, 0.3) is 0 Å². The number of carbonyl (C=O) groups excluding carboxylic acids is 2. The average molecular weight is 405 g/mol. The van der Waals surface area contributed by atoms with E-state index < -0.39 is 35.9 Å². The van der Waals surface area contributed by atoms with Crippen LogP contribution in [0, 0.1) is 17.5 Å². The number of rotatable bonds is 7. The number of esters is 1. The lowest BCUT2D eigenvalue weighted by molar-refractivity contribution is -0.119. The van der Waals surface area contributed by atoms with E-state index in [2.05, 4.69) is 5.32 Å². The first-order valence-electron chi connectivity index (χ1n) is 8.30. The smallest absolute Gasteiger partial charge is 0.374 e. The molecule has 150 valence electrons. The van der Waals surface area contributed by atoms with Crippen molar-refractivity contribution >= 4 is 17.6 Å². The molecule has 0 radical (unpaired) electrons. The highest BCUT2D eigenvalue weighted by atomic mass is 19.1. The van der Waals surface area contributed by atoms with E-state index in [1.54, 1.807) is 0 Å². The molecule has 1 aromatic heterocycles. The molecule has 9 heteroatoms. The number of hydrogen-bond acceptors (Lipinski definition) is 5. The molecule has 0 fully saturated rings. The van der Waals surface area contributed by atoms with Gasteiger partial charge >= 0.3 is 5.97 Å². The lowest BCUT2D eigenvalue weighted by Gasteiger charge is -2.07. The van der Waals surface area contributed by atoms with Crippen molar-refractivity contribution < 1.29 is 36.7 Å². The third kappa shape index (κ3) is 5.61. The fourth-order valence-corrected chi connectivity index (χ4v) is 2.23. The molecule has 29 heavy (non-hydrogen) atoms. The molecule has 0 unspecified atom stereocenters. The zero-order valence-electron chi connectivity index (χ0n) is 14.8. The number of hydrogen-bond donors (Lipinski definition) is 1. The van der Waals surface area contributed by atoms with Crippen LogP contribution in [0.1, 0.15) is 16.3 Å². The summed E-state index contributed by atoms with van der Waals surface area (Å²) in [6.45, 7) is -0.707. The first-order chi connectivity index (χ1) is 13.9. The third-order valence-corrected chi connectivity index (χ3v) is 3.60. The monoisotopic (exact) mass is 405 g/mol. The van der Waals surface area contributed by atoms with Gasteiger partial charge in [0.25, 0.3) is 5.91 Å². The van der Waals surface area contributed by atoms with Crippen molar-refractivity contribution in [2.75, 3.05) is 11.9 Å². The van der Waals surface area contributed by atoms with E-state index in [1.807, 2.05) is 0 Å². The van der Waals surface area contributed by atoms with E-state index in [4.69, 9.17) is 13.9 Å². The zero-order chi connectivity index (χ0) is 20.8. The molecule has 0 bridgehead atoms. The minimum absolute atomic E-state index is 0.0107. The minimum atomic E-state index is -0.957. The Morgan fingerprint density at radius 3 is 2.38 bits per heavy atom. The topological polar surface area (TPSA) is 77.8 Å². The van der Waals surface area contributed by atoms with Crippen molar-refractivity contribution in [1.29, 1.82) is 0 Å². The molecule has 0 spiro atoms. The Morgan fingerprint density at radius 1 is 0.931 bits per heavy atom. The summed E-state index contributed by atoms with van der Waals surface area (Å²) < 4.78 is 54.6. The molecular formula is C20H14F3NO5. The van der Waals surface area contributed by atoms with Gasteiger partial charge in [0.05, 0.1) is 5.69 Å². The van der Waals surface area contributed by atoms with Gasteiger partial charge in [-0.1, -0.05) is 0 Å². The van der Waals surface area contributed by atoms with Gasteiger partial charge in [-0.2, -0.15) is 0 Å². The second-order valence-corrected chi connectivity index (χ2v) is 5.76. The molecule has 6 nitrogen and oxygen atoms in total. The summed E-state index contributed by atoms with van der Waals surface area (Å²) in [5, 5.41) is 2.16. The van der Waals surface area contributed by atoms with Crippen molar-refractivity contribution in [1.82, 2.24) is 0 Å². The number of halogens is 3. The summed E-state index contributed by atoms with van der Waals surface area (Å²) in [6.07, 6.45) is 0. The van der Waals surface area contributed by atoms with Crippen LogP contribution < -0.4 is 10.1 Å². The Kier molecular flexibility index (Phi) is 6.18. The highest BCUT2D eigenvalue weighted by Crippen LogP contribution is 2.16. The SMILES string of the molecule is O=C(COC(=O)c1ccc(COc2ccc(F)cc2)o1)Nc1ccc(F)cc1F. The van der Waals surface area contributed by atoms with E-state index in [1.165, 1.54) is 36.4 Å². The van der Waals surface area contributed by atoms with Gasteiger partial charge in [-0.3, -0.25) is 4.79 Å². The first-order valence-corrected chi connectivity index (χ1v) is 8.30. The number of benzene rings is 2. The lowest BCUT2D eigenvalue weighted by Crippen LogP contribution is -2.21. The summed E-state index contributed by atoms with van der Waals surface area (Å²) in [5.74, 6) is -3.31. The lowest BCUT2D eigenvalue weighted by atomic mass is 10.3. The van der Waals surface area contributed by atoms with E-state index in [-0.39, 0.29) is 18.1 Å². The Balaban J connectivity index is 1.48. The van der Waals surface area contributed by atoms with Gasteiger partial charge in [0.15, 0.2) is 6.61 Å². The molecule has 2 aromatic carbocycles. The van der Waals surface area contributed by atoms with Crippen LogP contribution in [0.2, 0.25) is 0 Å². The molecule has 3 rings (SSSR count). The summed E-state index contributed by atoms with van der Waals surface area (Å²) in [7, 11) is 0. The van der Waals surface area contributed by atoms with E-state index >= 15 is 0 Å². The van der Waals surface area contributed by atoms with Gasteiger partial charge < -0.3 is 19.2 Å². The third-order valence-electron chi connectivity index (χ3n) is 3.60. The molecule has 0 aliphatic carbocycles. The molecule has 0 saturated heterocycles. The molecule has 0 atom stereocenters. The number of carbonyl (C=O) groups is 2. The Bertz CT molecular complexity index is 1020. The number of anilines is 1. The average Bonchev–Trinajstić information content (AvgIpc) is 3.17. The molecule has 0 aliphatic rings. The van der Waals surface area contributed by atoms with Crippen LogP contribution in [0.15, 0.2) is 59.0 Å². The van der Waals surface area contributed by atoms with Crippen LogP contribution >= 0.6 is 0 Å². The van der Waals surface area contributed by atoms with Crippen LogP contribution in [0.5, 0.6) is 5.75 Å². The second kappa shape index (κ2) is 8.96. The van der Waals surface area contributed by atoms with Crippen molar-refractivity contribution in [2.45, 2.75) is 6.61 Å². The van der Waals surface area contributed by atoms with Crippen LogP contribution in [-0.2, 0) is 16.1 Å². The minimum Gasteiger partial charge on any atom is -0.486 e. The number of nitrogens with one attached hydrogen (secondary N) is 1. The summed E-state index contributed by atoms with van der Waals surface area (Å²) >= 11 is 0. The van der Waals surface area contributed by atoms with Gasteiger partial charge in [0, 0.05) is 6.07 Å². The normalized spacial score (nSPS) is 10.4. The Labute approximate surface area is 162 Å². The number of amides is 1. The first kappa shape index (κ1) is 20.0. The zero-order valence-corrected chi connectivity index (χ0v) is 14.8. The van der Waals surface area contributed by atoms with E-state index in [9.17, 15) is 22.8 Å². The van der Waals surface area contributed by atoms with Crippen molar-refractivity contribution in [3.8, 4) is 5.75 Å². The van der Waals surface area contributed by atoms with Crippen LogP contribution in [0.3, 0.4) is 0 Å². The summed E-state index contributed by atoms with van der Waals surface area (Å²) in [4.78, 5) is 23.7. The molecule has 0 aliphatic heterocycles. The van der Waals surface area contributed by atoms with Gasteiger partial charge in [-0.25, -0.2) is 18.0 Å². The van der Waals surface area contributed by atoms with Gasteiger partial charge in [-0.05, 0) is 48.5 Å². The quantitative estimate of drug-likeness (QED) is 0.600. The van der Waals surface area contributed by atoms with Crippen molar-refractivity contribution in [2.24, 2.45) is 0 Å². The van der Waals surface area contributed by atoms with Crippen molar-refractivity contribution in [3.63, 3.8) is 0 Å². The fourth-order valence-electron chi connectivity index (χ4n) is 2.23. The highest BCUT2D eigenvalue weighted by molar-refractivity contribution is 5.94. The molecular weight excluding hydrogens is 391 g/mol. The standard InChI is InChI=1S/C20H14F3NO5/c21-12-1-4-14(5-2-12)27-10-15-6-8-18(29-15)20(26)28-11-19(25)24-17-7-3-13(22)9-16(17)23/h1-9H,10-11H2,(H,24,25). The number of ether oxygens (including phenoxy) is 2. The molecule has 0 saturated carbocycles. The van der Waals surface area contributed by atoms with E-state index in [0.29, 0.717) is 17.6 Å². The summed E-state index contributed by atoms with van der Waals surface area (Å²) in [6, 6.07) is 10.8. The van der Waals surface area contributed by atoms with Gasteiger partial charge in [0.1, 0.15) is 35.6 Å². The molecule has 3 aromatic rings. The molecule has 1 N–H and O–H groups in total. The maximum atomic E-state index is 13.5. The summed E-state index contributed by atoms with van der Waals surface area (Å²) in [5.41, 5.74) is -0.245. The predicted molar refractivity (Wildman–Crippen MR) is 94.7 cm³/mol. The largest absolute Gasteiger partial charge is 0.486 e. The van der Waals surface area contributed by atoms with Crippen LogP contribution in [-0.4, -0.2) is 18.5 Å².